The van der Waals surface area contributed by atoms with Crippen molar-refractivity contribution in [3.8, 4) is 10.6 Å². The minimum Gasteiger partial charge on any atom is -0.347 e. The predicted molar refractivity (Wildman–Crippen MR) is 87.5 cm³/mol. The lowest BCUT2D eigenvalue weighted by molar-refractivity contribution is 0.101. The molecule has 0 aliphatic rings. The first-order chi connectivity index (χ1) is 11.2. The van der Waals surface area contributed by atoms with Crippen LogP contribution in [0.3, 0.4) is 0 Å². The minimum absolute atomic E-state index is 0.229. The van der Waals surface area contributed by atoms with Crippen LogP contribution in [0.1, 0.15) is 10.5 Å². The fraction of sp³-hybridized carbons (Fsp3) is 0.0667. The average Bonchev–Trinajstić information content (AvgIpc) is 3.26. The molecule has 114 valence electrons. The Labute approximate surface area is 135 Å². The van der Waals surface area contributed by atoms with Gasteiger partial charge >= 0.3 is 0 Å². The van der Waals surface area contributed by atoms with Gasteiger partial charge in [-0.25, -0.2) is 4.98 Å². The van der Waals surface area contributed by atoms with Gasteiger partial charge in [0.1, 0.15) is 5.69 Å². The fourth-order valence-corrected chi connectivity index (χ4v) is 3.06. The number of aromatic nitrogens is 5. The zero-order valence-corrected chi connectivity index (χ0v) is 13.0. The summed E-state index contributed by atoms with van der Waals surface area (Å²) in [7, 11) is 1.81. The summed E-state index contributed by atoms with van der Waals surface area (Å²) in [5.41, 5.74) is 1.42. The van der Waals surface area contributed by atoms with E-state index in [1.165, 1.54) is 0 Å². The van der Waals surface area contributed by atoms with Gasteiger partial charge in [0.25, 0.3) is 17.6 Å². The van der Waals surface area contributed by atoms with E-state index in [4.69, 9.17) is 0 Å². The summed E-state index contributed by atoms with van der Waals surface area (Å²) in [5, 5.41) is 9.06. The number of aryl methyl sites for hydroxylation is 1. The second-order valence-corrected chi connectivity index (χ2v) is 5.86. The maximum Gasteiger partial charge on any atom is 0.274 e. The molecule has 0 aliphatic carbocycles. The number of hydrogen-bond acceptors (Lipinski definition) is 5. The number of hydrogen-bond donors (Lipinski definition) is 1. The van der Waals surface area contributed by atoms with Crippen LogP contribution in [0.5, 0.6) is 0 Å². The first-order valence-corrected chi connectivity index (χ1v) is 7.79. The molecular weight excluding hydrogens is 312 g/mol. The Balaban J connectivity index is 1.71. The number of amides is 1. The van der Waals surface area contributed by atoms with E-state index in [1.807, 2.05) is 42.9 Å². The molecule has 4 heterocycles. The van der Waals surface area contributed by atoms with E-state index >= 15 is 0 Å². The van der Waals surface area contributed by atoms with Crippen molar-refractivity contribution < 1.29 is 4.79 Å². The van der Waals surface area contributed by atoms with Gasteiger partial charge in [0.15, 0.2) is 0 Å². The van der Waals surface area contributed by atoms with Gasteiger partial charge in [0.2, 0.25) is 0 Å². The maximum absolute atomic E-state index is 12.2. The Morgan fingerprint density at radius 3 is 2.91 bits per heavy atom. The van der Waals surface area contributed by atoms with Gasteiger partial charge in [-0.2, -0.15) is 9.50 Å². The molecule has 23 heavy (non-hydrogen) atoms. The van der Waals surface area contributed by atoms with Gasteiger partial charge in [-0.15, -0.1) is 16.4 Å². The molecule has 4 aromatic heterocycles. The Kier molecular flexibility index (Phi) is 3.16. The summed E-state index contributed by atoms with van der Waals surface area (Å²) in [5.74, 6) is 0.414. The second kappa shape index (κ2) is 5.33. The lowest BCUT2D eigenvalue weighted by Gasteiger charge is -2.01. The number of carbonyl (C=O) groups is 1. The molecule has 0 saturated heterocycles. The van der Waals surface area contributed by atoms with Crippen LogP contribution < -0.4 is 5.32 Å². The zero-order valence-electron chi connectivity index (χ0n) is 12.2. The van der Waals surface area contributed by atoms with E-state index in [-0.39, 0.29) is 11.9 Å². The number of carbonyl (C=O) groups excluding carboxylic acids is 1. The monoisotopic (exact) mass is 324 g/mol. The molecule has 0 fully saturated rings. The van der Waals surface area contributed by atoms with E-state index in [9.17, 15) is 4.79 Å². The lowest BCUT2D eigenvalue weighted by atomic mass is 10.3. The molecule has 0 radical (unpaired) electrons. The number of anilines is 1. The molecule has 7 nitrogen and oxygen atoms in total. The molecule has 0 saturated carbocycles. The molecule has 4 rings (SSSR count). The molecule has 0 aromatic carbocycles. The standard InChI is InChI=1S/C15H12N6OS/c1-20-8-2-4-11(20)13(22)17-14-18-15-16-7-6-10(21(15)19-14)12-5-3-9-23-12/h2-9H,1H3,(H,17,19,22). The van der Waals surface area contributed by atoms with Gasteiger partial charge in [0, 0.05) is 19.4 Å². The molecule has 0 atom stereocenters. The van der Waals surface area contributed by atoms with Gasteiger partial charge in [-0.05, 0) is 29.6 Å². The molecule has 0 unspecified atom stereocenters. The van der Waals surface area contributed by atoms with Crippen molar-refractivity contribution in [3.63, 3.8) is 0 Å². The van der Waals surface area contributed by atoms with E-state index in [0.717, 1.165) is 10.6 Å². The summed E-state index contributed by atoms with van der Waals surface area (Å²) >= 11 is 1.61. The third-order valence-corrected chi connectivity index (χ3v) is 4.31. The van der Waals surface area contributed by atoms with Crippen molar-refractivity contribution in [1.82, 2.24) is 24.1 Å². The van der Waals surface area contributed by atoms with E-state index in [2.05, 4.69) is 20.4 Å². The van der Waals surface area contributed by atoms with Crippen LogP contribution in [0.15, 0.2) is 48.1 Å². The lowest BCUT2D eigenvalue weighted by Crippen LogP contribution is -2.16. The van der Waals surface area contributed by atoms with Crippen molar-refractivity contribution in [1.29, 1.82) is 0 Å². The molecular formula is C15H12N6OS. The molecule has 0 aliphatic heterocycles. The summed E-state index contributed by atoms with van der Waals surface area (Å²) < 4.78 is 3.37. The zero-order chi connectivity index (χ0) is 15.8. The van der Waals surface area contributed by atoms with Crippen LogP contribution in [0.4, 0.5) is 5.95 Å². The first-order valence-electron chi connectivity index (χ1n) is 6.91. The highest BCUT2D eigenvalue weighted by molar-refractivity contribution is 7.13. The number of rotatable bonds is 3. The molecule has 4 aromatic rings. The van der Waals surface area contributed by atoms with Gasteiger partial charge in [-0.1, -0.05) is 6.07 Å². The van der Waals surface area contributed by atoms with Crippen LogP contribution in [0.2, 0.25) is 0 Å². The number of nitrogens with one attached hydrogen (secondary N) is 1. The topological polar surface area (TPSA) is 77.1 Å². The summed E-state index contributed by atoms with van der Waals surface area (Å²) in [4.78, 5) is 21.8. The number of nitrogens with zero attached hydrogens (tertiary/aromatic N) is 5. The summed E-state index contributed by atoms with van der Waals surface area (Å²) in [6.07, 6.45) is 3.49. The highest BCUT2D eigenvalue weighted by Gasteiger charge is 2.14. The van der Waals surface area contributed by atoms with Crippen LogP contribution in [0, 0.1) is 0 Å². The minimum atomic E-state index is -0.258. The van der Waals surface area contributed by atoms with Crippen LogP contribution >= 0.6 is 11.3 Å². The third-order valence-electron chi connectivity index (χ3n) is 3.42. The second-order valence-electron chi connectivity index (χ2n) is 4.91. The third kappa shape index (κ3) is 2.38. The van der Waals surface area contributed by atoms with Crippen molar-refractivity contribution in [3.05, 3.63) is 53.8 Å². The highest BCUT2D eigenvalue weighted by atomic mass is 32.1. The Morgan fingerprint density at radius 2 is 2.17 bits per heavy atom. The maximum atomic E-state index is 12.2. The van der Waals surface area contributed by atoms with Gasteiger partial charge in [0.05, 0.1) is 10.6 Å². The highest BCUT2D eigenvalue weighted by Crippen LogP contribution is 2.24. The van der Waals surface area contributed by atoms with Crippen molar-refractivity contribution in [2.75, 3.05) is 5.32 Å². The van der Waals surface area contributed by atoms with Crippen LogP contribution in [-0.2, 0) is 7.05 Å². The van der Waals surface area contributed by atoms with Crippen LogP contribution in [0.25, 0.3) is 16.3 Å². The first kappa shape index (κ1) is 13.6. The van der Waals surface area contributed by atoms with E-state index in [0.29, 0.717) is 11.5 Å². The SMILES string of the molecule is Cn1cccc1C(=O)Nc1nc2nccc(-c3cccs3)n2n1. The van der Waals surface area contributed by atoms with Crippen molar-refractivity contribution >= 4 is 29.0 Å². The molecule has 1 amide bonds. The Hall–Kier alpha value is -3.00. The normalized spacial score (nSPS) is 11.0. The molecule has 8 heteroatoms. The Bertz CT molecular complexity index is 985. The van der Waals surface area contributed by atoms with Gasteiger partial charge < -0.3 is 4.57 Å². The largest absolute Gasteiger partial charge is 0.347 e. The van der Waals surface area contributed by atoms with Crippen molar-refractivity contribution in [2.24, 2.45) is 7.05 Å². The fourth-order valence-electron chi connectivity index (χ4n) is 2.32. The van der Waals surface area contributed by atoms with E-state index in [1.54, 1.807) is 32.7 Å². The smallest absolute Gasteiger partial charge is 0.274 e. The predicted octanol–water partition coefficient (Wildman–Crippen LogP) is 2.44. The van der Waals surface area contributed by atoms with Gasteiger partial charge in [-0.3, -0.25) is 10.1 Å². The quantitative estimate of drug-likeness (QED) is 0.628. The number of thiophene rings is 1. The molecule has 0 bridgehead atoms. The number of fused-ring (bicyclic) bond motifs is 1. The van der Waals surface area contributed by atoms with E-state index < -0.39 is 0 Å². The van der Waals surface area contributed by atoms with Crippen molar-refractivity contribution in [2.45, 2.75) is 0 Å². The average molecular weight is 324 g/mol. The molecule has 0 spiro atoms. The van der Waals surface area contributed by atoms with Crippen LogP contribution in [-0.4, -0.2) is 30.1 Å². The molecule has 1 N–H and O–H groups in total. The summed E-state index contributed by atoms with van der Waals surface area (Å²) in [6, 6.07) is 9.39. The Morgan fingerprint density at radius 1 is 1.26 bits per heavy atom. The summed E-state index contributed by atoms with van der Waals surface area (Å²) in [6.45, 7) is 0.